The summed E-state index contributed by atoms with van der Waals surface area (Å²) in [4.78, 5) is 26.4. The number of amides is 1. The normalized spacial score (nSPS) is 15.1. The summed E-state index contributed by atoms with van der Waals surface area (Å²) in [6.45, 7) is 4.53. The summed E-state index contributed by atoms with van der Waals surface area (Å²) < 4.78 is 38.6. The minimum Gasteiger partial charge on any atom is -0.444 e. The van der Waals surface area contributed by atoms with Crippen LogP contribution in [-0.2, 0) is 24.3 Å². The Morgan fingerprint density at radius 1 is 0.974 bits per heavy atom. The highest BCUT2D eigenvalue weighted by Crippen LogP contribution is 2.33. The number of hydrogen-bond acceptors (Lipinski definition) is 6. The largest absolute Gasteiger partial charge is 0.444 e. The molecule has 38 heavy (non-hydrogen) atoms. The molecule has 3 aromatic carbocycles. The Labute approximate surface area is 231 Å². The highest BCUT2D eigenvalue weighted by Gasteiger charge is 2.32. The molecule has 1 atom stereocenters. The molecule has 11 heteroatoms. The van der Waals surface area contributed by atoms with Crippen LogP contribution in [0.4, 0.5) is 5.69 Å². The molecule has 0 radical (unpaired) electrons. The molecule has 4 rings (SSSR count). The number of aryl methyl sites for hydroxylation is 2. The predicted molar refractivity (Wildman–Crippen MR) is 145 cm³/mol. The molecule has 1 saturated heterocycles. The number of rotatable bonds is 7. The molecule has 3 aromatic rings. The zero-order valence-corrected chi connectivity index (χ0v) is 23.1. The summed E-state index contributed by atoms with van der Waals surface area (Å²) in [7, 11) is -4.04. The highest BCUT2D eigenvalue weighted by molar-refractivity contribution is 7.89. The summed E-state index contributed by atoms with van der Waals surface area (Å²) in [5.41, 5.74) is 2.55. The number of carbonyl (C=O) groups is 2. The minimum atomic E-state index is -4.04. The minimum absolute atomic E-state index is 0.109. The van der Waals surface area contributed by atoms with E-state index in [1.54, 1.807) is 30.3 Å². The third-order valence-electron chi connectivity index (χ3n) is 6.05. The predicted octanol–water partition coefficient (Wildman–Crippen LogP) is 5.17. The van der Waals surface area contributed by atoms with Crippen LogP contribution < -0.4 is 5.32 Å². The topological polar surface area (TPSA) is 102 Å². The zero-order chi connectivity index (χ0) is 27.4. The maximum absolute atomic E-state index is 13.4. The van der Waals surface area contributed by atoms with Gasteiger partial charge in [0, 0.05) is 24.3 Å². The number of ether oxygens (including phenoxy) is 2. The van der Waals surface area contributed by atoms with Crippen molar-refractivity contribution in [2.24, 2.45) is 0 Å². The first kappa shape index (κ1) is 28.1. The van der Waals surface area contributed by atoms with E-state index in [0.717, 1.165) is 17.2 Å². The number of sulfonamides is 1. The number of nitrogens with zero attached hydrogens (tertiary/aromatic N) is 1. The van der Waals surface area contributed by atoms with Gasteiger partial charge in [0.05, 0.1) is 28.8 Å². The van der Waals surface area contributed by atoms with Gasteiger partial charge in [0.1, 0.15) is 4.90 Å². The quantitative estimate of drug-likeness (QED) is 0.389. The summed E-state index contributed by atoms with van der Waals surface area (Å²) in [6.07, 6.45) is -1.34. The van der Waals surface area contributed by atoms with E-state index in [4.69, 9.17) is 32.7 Å². The molecule has 200 valence electrons. The van der Waals surface area contributed by atoms with Crippen molar-refractivity contribution in [1.29, 1.82) is 0 Å². The van der Waals surface area contributed by atoms with Crippen molar-refractivity contribution >= 4 is 50.8 Å². The Bertz CT molecular complexity index is 1460. The average Bonchev–Trinajstić information content (AvgIpc) is 2.90. The Hall–Kier alpha value is -2.95. The van der Waals surface area contributed by atoms with Crippen molar-refractivity contribution in [3.05, 3.63) is 93.0 Å². The van der Waals surface area contributed by atoms with E-state index in [0.29, 0.717) is 11.3 Å². The van der Waals surface area contributed by atoms with E-state index in [-0.39, 0.29) is 46.8 Å². The molecule has 1 heterocycles. The molecule has 0 spiro atoms. The van der Waals surface area contributed by atoms with Gasteiger partial charge in [0.2, 0.25) is 16.1 Å². The lowest BCUT2D eigenvalue weighted by molar-refractivity contribution is -0.125. The fourth-order valence-corrected chi connectivity index (χ4v) is 6.18. The average molecular weight is 577 g/mol. The van der Waals surface area contributed by atoms with E-state index in [1.807, 2.05) is 32.0 Å². The van der Waals surface area contributed by atoms with Crippen LogP contribution in [0.3, 0.4) is 0 Å². The van der Waals surface area contributed by atoms with E-state index < -0.39 is 28.0 Å². The number of nitrogens with one attached hydrogen (secondary N) is 1. The standard InChI is InChI=1S/C27H26Cl2N2O6S/c1-17-8-9-18(2)23(14-17)30-26(32)25(19-6-4-3-5-7-19)37-27(33)20-15-24(22(29)16-21(20)28)38(34,35)31-10-12-36-13-11-31/h3-9,14-16,25H,10-13H2,1-2H3,(H,30,32)/t25-/m0/s1. The van der Waals surface area contributed by atoms with Crippen LogP contribution in [-0.4, -0.2) is 50.9 Å². The Balaban J connectivity index is 1.66. The maximum atomic E-state index is 13.4. The first-order valence-electron chi connectivity index (χ1n) is 11.8. The van der Waals surface area contributed by atoms with E-state index in [9.17, 15) is 18.0 Å². The van der Waals surface area contributed by atoms with Crippen molar-refractivity contribution in [2.75, 3.05) is 31.6 Å². The van der Waals surface area contributed by atoms with Crippen LogP contribution >= 0.6 is 23.2 Å². The van der Waals surface area contributed by atoms with Crippen LogP contribution in [0, 0.1) is 13.8 Å². The van der Waals surface area contributed by atoms with Crippen LogP contribution in [0.15, 0.2) is 65.6 Å². The number of morpholine rings is 1. The van der Waals surface area contributed by atoms with Gasteiger partial charge in [-0.15, -0.1) is 0 Å². The summed E-state index contributed by atoms with van der Waals surface area (Å²) >= 11 is 12.5. The third-order valence-corrected chi connectivity index (χ3v) is 8.72. The molecule has 0 unspecified atom stereocenters. The van der Waals surface area contributed by atoms with E-state index in [1.165, 1.54) is 10.4 Å². The van der Waals surface area contributed by atoms with Gasteiger partial charge in [-0.1, -0.05) is 65.7 Å². The van der Waals surface area contributed by atoms with Crippen molar-refractivity contribution < 1.29 is 27.5 Å². The molecule has 1 fully saturated rings. The summed E-state index contributed by atoms with van der Waals surface area (Å²) in [5.74, 6) is -1.56. The SMILES string of the molecule is Cc1ccc(C)c(NC(=O)[C@@H](OC(=O)c2cc(S(=O)(=O)N3CCOCC3)c(Cl)cc2Cl)c2ccccc2)c1. The monoisotopic (exact) mass is 576 g/mol. The number of halogens is 2. The number of carbonyl (C=O) groups excluding carboxylic acids is 2. The molecule has 1 aliphatic heterocycles. The second-order valence-electron chi connectivity index (χ2n) is 8.78. The molecule has 1 N–H and O–H groups in total. The van der Waals surface area contributed by atoms with Gasteiger partial charge >= 0.3 is 5.97 Å². The van der Waals surface area contributed by atoms with Gasteiger partial charge < -0.3 is 14.8 Å². The molecule has 0 aromatic heterocycles. The molecular weight excluding hydrogens is 551 g/mol. The number of benzene rings is 3. The van der Waals surface area contributed by atoms with Crippen molar-refractivity contribution in [2.45, 2.75) is 24.8 Å². The molecule has 0 bridgehead atoms. The summed E-state index contributed by atoms with van der Waals surface area (Å²) in [5, 5.41) is 2.58. The Morgan fingerprint density at radius 3 is 2.34 bits per heavy atom. The van der Waals surface area contributed by atoms with Gasteiger partial charge in [0.25, 0.3) is 5.91 Å². The van der Waals surface area contributed by atoms with Crippen LogP contribution in [0.2, 0.25) is 10.0 Å². The van der Waals surface area contributed by atoms with Gasteiger partial charge in [0.15, 0.2) is 0 Å². The Morgan fingerprint density at radius 2 is 1.66 bits per heavy atom. The van der Waals surface area contributed by atoms with Crippen LogP contribution in [0.1, 0.15) is 33.2 Å². The Kier molecular flexibility index (Phi) is 8.74. The molecule has 1 amide bonds. The lowest BCUT2D eigenvalue weighted by Gasteiger charge is -2.26. The van der Waals surface area contributed by atoms with E-state index >= 15 is 0 Å². The van der Waals surface area contributed by atoms with Gasteiger partial charge in [-0.3, -0.25) is 4.79 Å². The van der Waals surface area contributed by atoms with Crippen molar-refractivity contribution in [1.82, 2.24) is 4.31 Å². The first-order valence-corrected chi connectivity index (χ1v) is 14.0. The lowest BCUT2D eigenvalue weighted by atomic mass is 10.1. The zero-order valence-electron chi connectivity index (χ0n) is 20.7. The summed E-state index contributed by atoms with van der Waals surface area (Å²) in [6, 6.07) is 16.4. The number of anilines is 1. The fraction of sp³-hybridized carbons (Fsp3) is 0.259. The first-order chi connectivity index (χ1) is 18.1. The molecule has 8 nitrogen and oxygen atoms in total. The second kappa shape index (κ2) is 11.8. The van der Waals surface area contributed by atoms with Gasteiger partial charge in [-0.05, 0) is 43.2 Å². The molecule has 1 aliphatic rings. The fourth-order valence-electron chi connectivity index (χ4n) is 3.95. The van der Waals surface area contributed by atoms with Crippen LogP contribution in [0.5, 0.6) is 0 Å². The maximum Gasteiger partial charge on any atom is 0.340 e. The third kappa shape index (κ3) is 6.19. The van der Waals surface area contributed by atoms with Crippen molar-refractivity contribution in [3.63, 3.8) is 0 Å². The van der Waals surface area contributed by atoms with Gasteiger partial charge in [-0.25, -0.2) is 13.2 Å². The molecule has 0 aliphatic carbocycles. The van der Waals surface area contributed by atoms with Crippen LogP contribution in [0.25, 0.3) is 0 Å². The molecule has 0 saturated carbocycles. The number of hydrogen-bond donors (Lipinski definition) is 1. The smallest absolute Gasteiger partial charge is 0.340 e. The number of esters is 1. The van der Waals surface area contributed by atoms with Gasteiger partial charge in [-0.2, -0.15) is 4.31 Å². The molecular formula is C27H26Cl2N2O6S. The lowest BCUT2D eigenvalue weighted by Crippen LogP contribution is -2.40. The second-order valence-corrected chi connectivity index (χ2v) is 11.5. The van der Waals surface area contributed by atoms with E-state index in [2.05, 4.69) is 5.32 Å². The highest BCUT2D eigenvalue weighted by atomic mass is 35.5. The van der Waals surface area contributed by atoms with Crippen molar-refractivity contribution in [3.8, 4) is 0 Å².